The van der Waals surface area contributed by atoms with E-state index in [0.717, 1.165) is 6.26 Å². The molecule has 0 aromatic heterocycles. The predicted molar refractivity (Wildman–Crippen MR) is 41.1 cm³/mol. The molecular weight excluding hydrogens is 168 g/mol. The van der Waals surface area contributed by atoms with Crippen LogP contribution in [0.15, 0.2) is 0 Å². The van der Waals surface area contributed by atoms with Gasteiger partial charge >= 0.3 is 5.97 Å². The molecule has 0 aliphatic heterocycles. The Morgan fingerprint density at radius 2 is 2.00 bits per heavy atom. The van der Waals surface area contributed by atoms with Gasteiger partial charge in [-0.25, -0.2) is 8.42 Å². The van der Waals surface area contributed by atoms with Gasteiger partial charge in [0.2, 0.25) is 0 Å². The first kappa shape index (κ1) is 10.4. The van der Waals surface area contributed by atoms with E-state index >= 15 is 0 Å². The lowest BCUT2D eigenvalue weighted by molar-refractivity contribution is -0.141. The summed E-state index contributed by atoms with van der Waals surface area (Å²) in [4.78, 5) is 10.2. The van der Waals surface area contributed by atoms with E-state index < -0.39 is 21.7 Å². The highest BCUT2D eigenvalue weighted by molar-refractivity contribution is 7.90. The van der Waals surface area contributed by atoms with Gasteiger partial charge in [-0.1, -0.05) is 6.92 Å². The van der Waals surface area contributed by atoms with E-state index in [4.69, 9.17) is 5.11 Å². The van der Waals surface area contributed by atoms with Crippen molar-refractivity contribution in [3.8, 4) is 0 Å². The highest BCUT2D eigenvalue weighted by Gasteiger charge is 2.13. The Bertz CT molecular complexity index is 229. The van der Waals surface area contributed by atoms with Crippen molar-refractivity contribution < 1.29 is 18.3 Å². The molecule has 0 bridgehead atoms. The number of hydrogen-bond donors (Lipinski definition) is 1. The lowest BCUT2D eigenvalue weighted by Crippen LogP contribution is -2.14. The first-order chi connectivity index (χ1) is 4.83. The molecule has 0 fully saturated rings. The summed E-state index contributed by atoms with van der Waals surface area (Å²) in [5.74, 6) is -1.58. The van der Waals surface area contributed by atoms with Gasteiger partial charge in [-0.05, 0) is 6.42 Å². The second kappa shape index (κ2) is 3.71. The predicted octanol–water partition coefficient (Wildman–Crippen LogP) is 0.142. The summed E-state index contributed by atoms with van der Waals surface area (Å²) in [6, 6.07) is 0. The lowest BCUT2D eigenvalue weighted by Gasteiger charge is -2.02. The van der Waals surface area contributed by atoms with Crippen molar-refractivity contribution in [2.75, 3.05) is 12.0 Å². The maximum absolute atomic E-state index is 10.6. The number of carbonyl (C=O) groups is 1. The van der Waals surface area contributed by atoms with Crippen LogP contribution in [0.3, 0.4) is 0 Å². The summed E-state index contributed by atoms with van der Waals surface area (Å²) in [5.41, 5.74) is 0. The Balaban J connectivity index is 3.82. The maximum Gasteiger partial charge on any atom is 0.306 e. The molecule has 0 spiro atoms. The number of carboxylic acid groups (broad SMARTS) is 1. The minimum Gasteiger partial charge on any atom is -0.481 e. The van der Waals surface area contributed by atoms with E-state index in [9.17, 15) is 13.2 Å². The van der Waals surface area contributed by atoms with Gasteiger partial charge in [-0.3, -0.25) is 4.79 Å². The van der Waals surface area contributed by atoms with E-state index in [1.807, 2.05) is 0 Å². The Kier molecular flexibility index (Phi) is 3.51. The van der Waals surface area contributed by atoms with Crippen LogP contribution in [0.2, 0.25) is 0 Å². The van der Waals surface area contributed by atoms with Crippen molar-refractivity contribution in [2.45, 2.75) is 13.3 Å². The standard InChI is InChI=1S/C6H12O4S/c1-5(6(7)8)3-4-11(2,9)10/h5H,3-4H2,1-2H3,(H,7,8). The molecule has 0 amide bonds. The van der Waals surface area contributed by atoms with Crippen molar-refractivity contribution in [2.24, 2.45) is 5.92 Å². The molecule has 1 unspecified atom stereocenters. The minimum atomic E-state index is -3.02. The lowest BCUT2D eigenvalue weighted by atomic mass is 10.1. The van der Waals surface area contributed by atoms with Crippen LogP contribution in [0.25, 0.3) is 0 Å². The van der Waals surface area contributed by atoms with Crippen molar-refractivity contribution in [3.05, 3.63) is 0 Å². The molecule has 5 heteroatoms. The van der Waals surface area contributed by atoms with Crippen LogP contribution in [0.5, 0.6) is 0 Å². The summed E-state index contributed by atoms with van der Waals surface area (Å²) in [6.07, 6.45) is 1.29. The van der Waals surface area contributed by atoms with Crippen LogP contribution < -0.4 is 0 Å². The van der Waals surface area contributed by atoms with Gasteiger partial charge in [-0.2, -0.15) is 0 Å². The molecule has 0 rings (SSSR count). The zero-order chi connectivity index (χ0) is 9.07. The van der Waals surface area contributed by atoms with E-state index in [1.165, 1.54) is 6.92 Å². The highest BCUT2D eigenvalue weighted by Crippen LogP contribution is 2.03. The smallest absolute Gasteiger partial charge is 0.306 e. The maximum atomic E-state index is 10.6. The molecule has 0 aliphatic rings. The Morgan fingerprint density at radius 3 is 2.27 bits per heavy atom. The molecule has 0 heterocycles. The highest BCUT2D eigenvalue weighted by atomic mass is 32.2. The fraction of sp³-hybridized carbons (Fsp3) is 0.833. The van der Waals surface area contributed by atoms with Crippen LogP contribution >= 0.6 is 0 Å². The Morgan fingerprint density at radius 1 is 1.55 bits per heavy atom. The van der Waals surface area contributed by atoms with E-state index in [-0.39, 0.29) is 12.2 Å². The first-order valence-corrected chi connectivity index (χ1v) is 5.29. The average molecular weight is 180 g/mol. The molecule has 0 saturated heterocycles. The van der Waals surface area contributed by atoms with E-state index in [2.05, 4.69) is 0 Å². The third-order valence-corrected chi connectivity index (χ3v) is 2.32. The van der Waals surface area contributed by atoms with Crippen molar-refractivity contribution in [1.82, 2.24) is 0 Å². The minimum absolute atomic E-state index is 0.0551. The van der Waals surface area contributed by atoms with Gasteiger partial charge in [-0.15, -0.1) is 0 Å². The molecule has 66 valence electrons. The summed E-state index contributed by atoms with van der Waals surface area (Å²) < 4.78 is 21.1. The number of hydrogen-bond acceptors (Lipinski definition) is 3. The van der Waals surface area contributed by atoms with Gasteiger partial charge in [0, 0.05) is 6.26 Å². The van der Waals surface area contributed by atoms with Crippen LogP contribution in [0, 0.1) is 5.92 Å². The topological polar surface area (TPSA) is 71.4 Å². The van der Waals surface area contributed by atoms with Crippen molar-refractivity contribution >= 4 is 15.8 Å². The fourth-order valence-electron chi connectivity index (χ4n) is 0.514. The molecule has 4 nitrogen and oxygen atoms in total. The summed E-state index contributed by atoms with van der Waals surface area (Å²) >= 11 is 0. The van der Waals surface area contributed by atoms with Gasteiger partial charge in [0.05, 0.1) is 11.7 Å². The second-order valence-corrected chi connectivity index (χ2v) is 4.92. The molecule has 1 N–H and O–H groups in total. The van der Waals surface area contributed by atoms with Gasteiger partial charge < -0.3 is 5.11 Å². The van der Waals surface area contributed by atoms with Crippen LogP contribution in [-0.4, -0.2) is 31.5 Å². The average Bonchev–Trinajstić information content (AvgIpc) is 1.80. The third kappa shape index (κ3) is 5.84. The SMILES string of the molecule is CC(CCS(C)(=O)=O)C(=O)O. The monoisotopic (exact) mass is 180 g/mol. The molecular formula is C6H12O4S. The van der Waals surface area contributed by atoms with Gasteiger partial charge in [0.1, 0.15) is 9.84 Å². The van der Waals surface area contributed by atoms with Crippen molar-refractivity contribution in [3.63, 3.8) is 0 Å². The van der Waals surface area contributed by atoms with Crippen LogP contribution in [-0.2, 0) is 14.6 Å². The Labute approximate surface area is 66.1 Å². The normalized spacial score (nSPS) is 14.4. The summed E-state index contributed by atoms with van der Waals surface area (Å²) in [6.45, 7) is 1.49. The number of aliphatic carboxylic acids is 1. The van der Waals surface area contributed by atoms with E-state index in [1.54, 1.807) is 0 Å². The molecule has 0 aliphatic carbocycles. The van der Waals surface area contributed by atoms with Gasteiger partial charge in [0.25, 0.3) is 0 Å². The molecule has 0 saturated carbocycles. The Hall–Kier alpha value is -0.580. The number of rotatable bonds is 4. The molecule has 1 atom stereocenters. The third-order valence-electron chi connectivity index (χ3n) is 1.34. The molecule has 0 radical (unpaired) electrons. The second-order valence-electron chi connectivity index (χ2n) is 2.66. The quantitative estimate of drug-likeness (QED) is 0.668. The van der Waals surface area contributed by atoms with Crippen LogP contribution in [0.4, 0.5) is 0 Å². The zero-order valence-electron chi connectivity index (χ0n) is 6.57. The number of sulfone groups is 1. The molecule has 0 aromatic carbocycles. The largest absolute Gasteiger partial charge is 0.481 e. The van der Waals surface area contributed by atoms with Gasteiger partial charge in [0.15, 0.2) is 0 Å². The fourth-order valence-corrected chi connectivity index (χ4v) is 1.30. The van der Waals surface area contributed by atoms with E-state index in [0.29, 0.717) is 0 Å². The first-order valence-electron chi connectivity index (χ1n) is 3.23. The zero-order valence-corrected chi connectivity index (χ0v) is 7.39. The van der Waals surface area contributed by atoms with Crippen molar-refractivity contribution in [1.29, 1.82) is 0 Å². The number of carboxylic acids is 1. The summed E-state index contributed by atoms with van der Waals surface area (Å²) in [7, 11) is -3.02. The molecule has 11 heavy (non-hydrogen) atoms. The molecule has 0 aromatic rings. The summed E-state index contributed by atoms with van der Waals surface area (Å²) in [5, 5.41) is 8.38. The van der Waals surface area contributed by atoms with Crippen LogP contribution in [0.1, 0.15) is 13.3 Å².